The van der Waals surface area contributed by atoms with Crippen LogP contribution in [0.1, 0.15) is 46.0 Å². The molecule has 2 N–H and O–H groups in total. The van der Waals surface area contributed by atoms with Gasteiger partial charge in [-0.3, -0.25) is 0 Å². The van der Waals surface area contributed by atoms with Gasteiger partial charge in [0.15, 0.2) is 0 Å². The third-order valence-electron chi connectivity index (χ3n) is 3.42. The molecule has 1 nitrogen and oxygen atoms in total. The fourth-order valence-electron chi connectivity index (χ4n) is 2.63. The van der Waals surface area contributed by atoms with Crippen LogP contribution in [0, 0.1) is 11.8 Å². The first-order chi connectivity index (χ1) is 6.81. The van der Waals surface area contributed by atoms with Crippen LogP contribution in [-0.4, -0.2) is 17.5 Å². The minimum Gasteiger partial charge on any atom is -0.330 e. The molecule has 1 aliphatic carbocycles. The van der Waals surface area contributed by atoms with Gasteiger partial charge in [0.2, 0.25) is 0 Å². The van der Waals surface area contributed by atoms with Crippen molar-refractivity contribution in [3.8, 4) is 0 Å². The highest BCUT2D eigenvalue weighted by Gasteiger charge is 2.28. The Hall–Kier alpha value is 0.310. The molecule has 3 unspecified atom stereocenters. The zero-order valence-corrected chi connectivity index (χ0v) is 10.5. The van der Waals surface area contributed by atoms with Gasteiger partial charge in [0.05, 0.1) is 0 Å². The van der Waals surface area contributed by atoms with E-state index >= 15 is 0 Å². The highest BCUT2D eigenvalue weighted by Crippen LogP contribution is 2.37. The largest absolute Gasteiger partial charge is 0.330 e. The lowest BCUT2D eigenvalue weighted by Gasteiger charge is -2.35. The highest BCUT2D eigenvalue weighted by molar-refractivity contribution is 7.99. The highest BCUT2D eigenvalue weighted by atomic mass is 32.2. The maximum atomic E-state index is 5.83. The molecule has 1 fully saturated rings. The molecular formula is C12H25NS. The molecule has 1 saturated carbocycles. The minimum absolute atomic E-state index is 0.799. The number of hydrogen-bond acceptors (Lipinski definition) is 2. The number of thioether (sulfide) groups is 1. The zero-order chi connectivity index (χ0) is 10.4. The lowest BCUT2D eigenvalue weighted by atomic mass is 9.80. The minimum atomic E-state index is 0.799. The van der Waals surface area contributed by atoms with Crippen LogP contribution >= 0.6 is 11.8 Å². The molecule has 2 heteroatoms. The molecular weight excluding hydrogens is 190 g/mol. The third-order valence-corrected chi connectivity index (χ3v) is 4.76. The predicted molar refractivity (Wildman–Crippen MR) is 66.7 cm³/mol. The average Bonchev–Trinajstić information content (AvgIpc) is 2.19. The van der Waals surface area contributed by atoms with Crippen molar-refractivity contribution >= 4 is 11.8 Å². The second kappa shape index (κ2) is 6.73. The molecule has 14 heavy (non-hydrogen) atoms. The molecule has 0 amide bonds. The number of hydrogen-bond donors (Lipinski definition) is 1. The molecule has 1 aliphatic rings. The lowest BCUT2D eigenvalue weighted by Crippen LogP contribution is -2.32. The summed E-state index contributed by atoms with van der Waals surface area (Å²) in [6.45, 7) is 5.47. The molecule has 0 heterocycles. The van der Waals surface area contributed by atoms with Gasteiger partial charge in [-0.2, -0.15) is 11.8 Å². The summed E-state index contributed by atoms with van der Waals surface area (Å²) in [4.78, 5) is 0. The lowest BCUT2D eigenvalue weighted by molar-refractivity contribution is 0.276. The van der Waals surface area contributed by atoms with Crippen LogP contribution in [0.15, 0.2) is 0 Å². The first kappa shape index (κ1) is 12.4. The summed E-state index contributed by atoms with van der Waals surface area (Å²) in [7, 11) is 0. The third kappa shape index (κ3) is 3.47. The van der Waals surface area contributed by atoms with E-state index in [9.17, 15) is 0 Å². The summed E-state index contributed by atoms with van der Waals surface area (Å²) in [5.41, 5.74) is 5.83. The van der Waals surface area contributed by atoms with Crippen molar-refractivity contribution in [3.63, 3.8) is 0 Å². The van der Waals surface area contributed by atoms with Gasteiger partial charge in [-0.1, -0.05) is 33.1 Å². The van der Waals surface area contributed by atoms with Crippen molar-refractivity contribution in [2.24, 2.45) is 17.6 Å². The van der Waals surface area contributed by atoms with Crippen LogP contribution < -0.4 is 5.73 Å². The molecule has 0 spiro atoms. The summed E-state index contributed by atoms with van der Waals surface area (Å²) in [6.07, 6.45) is 7.00. The summed E-state index contributed by atoms with van der Waals surface area (Å²) in [5, 5.41) is 0.857. The van der Waals surface area contributed by atoms with Crippen LogP contribution in [0.3, 0.4) is 0 Å². The first-order valence-electron chi connectivity index (χ1n) is 6.13. The van der Waals surface area contributed by atoms with E-state index in [4.69, 9.17) is 5.73 Å². The number of nitrogens with two attached hydrogens (primary N) is 1. The van der Waals surface area contributed by atoms with Crippen LogP contribution in [0.2, 0.25) is 0 Å². The van der Waals surface area contributed by atoms with Crippen molar-refractivity contribution in [2.45, 2.75) is 51.2 Å². The SMILES string of the molecule is CCCC1CCC(CN)C(SCC)C1. The van der Waals surface area contributed by atoms with E-state index in [0.717, 1.165) is 23.6 Å². The summed E-state index contributed by atoms with van der Waals surface area (Å²) < 4.78 is 0. The van der Waals surface area contributed by atoms with Gasteiger partial charge in [0.1, 0.15) is 0 Å². The number of rotatable bonds is 5. The normalized spacial score (nSPS) is 33.2. The molecule has 1 rings (SSSR count). The van der Waals surface area contributed by atoms with Gasteiger partial charge in [0, 0.05) is 5.25 Å². The molecule has 84 valence electrons. The average molecular weight is 215 g/mol. The van der Waals surface area contributed by atoms with Crippen molar-refractivity contribution in [1.29, 1.82) is 0 Å². The first-order valence-corrected chi connectivity index (χ1v) is 7.18. The summed E-state index contributed by atoms with van der Waals surface area (Å²) in [6, 6.07) is 0. The van der Waals surface area contributed by atoms with Gasteiger partial charge < -0.3 is 5.73 Å². The van der Waals surface area contributed by atoms with Crippen molar-refractivity contribution in [3.05, 3.63) is 0 Å². The summed E-state index contributed by atoms with van der Waals surface area (Å²) >= 11 is 2.13. The van der Waals surface area contributed by atoms with E-state index in [1.807, 2.05) is 0 Å². The van der Waals surface area contributed by atoms with E-state index in [1.54, 1.807) is 0 Å². The molecule has 0 radical (unpaired) electrons. The van der Waals surface area contributed by atoms with Gasteiger partial charge in [-0.25, -0.2) is 0 Å². The molecule has 3 atom stereocenters. The van der Waals surface area contributed by atoms with Crippen LogP contribution in [-0.2, 0) is 0 Å². The fourth-order valence-corrected chi connectivity index (χ4v) is 3.99. The van der Waals surface area contributed by atoms with Gasteiger partial charge in [0.25, 0.3) is 0 Å². The Bertz CT molecular complexity index is 149. The quantitative estimate of drug-likeness (QED) is 0.761. The molecule has 0 saturated heterocycles. The van der Waals surface area contributed by atoms with Crippen molar-refractivity contribution < 1.29 is 0 Å². The van der Waals surface area contributed by atoms with E-state index in [2.05, 4.69) is 25.6 Å². The standard InChI is InChI=1S/C12H25NS/c1-3-5-10-6-7-11(9-13)12(8-10)14-4-2/h10-12H,3-9,13H2,1-2H3. The van der Waals surface area contributed by atoms with E-state index in [0.29, 0.717) is 0 Å². The Kier molecular flexibility index (Phi) is 5.95. The fraction of sp³-hybridized carbons (Fsp3) is 1.00. The topological polar surface area (TPSA) is 26.0 Å². The summed E-state index contributed by atoms with van der Waals surface area (Å²) in [5.74, 6) is 3.04. The second-order valence-electron chi connectivity index (χ2n) is 4.46. The van der Waals surface area contributed by atoms with Gasteiger partial charge >= 0.3 is 0 Å². The molecule has 0 aliphatic heterocycles. The predicted octanol–water partition coefficient (Wildman–Crippen LogP) is 3.28. The maximum absolute atomic E-state index is 5.83. The van der Waals surface area contributed by atoms with Crippen LogP contribution in [0.4, 0.5) is 0 Å². The molecule has 0 aromatic carbocycles. The Balaban J connectivity index is 2.39. The van der Waals surface area contributed by atoms with Gasteiger partial charge in [-0.05, 0) is 37.0 Å². The smallest absolute Gasteiger partial charge is 0.00898 e. The molecule has 0 bridgehead atoms. The van der Waals surface area contributed by atoms with E-state index in [-0.39, 0.29) is 0 Å². The van der Waals surface area contributed by atoms with E-state index in [1.165, 1.54) is 37.9 Å². The zero-order valence-electron chi connectivity index (χ0n) is 9.67. The second-order valence-corrected chi connectivity index (χ2v) is 5.97. The maximum Gasteiger partial charge on any atom is 0.00898 e. The Morgan fingerprint density at radius 3 is 2.64 bits per heavy atom. The van der Waals surface area contributed by atoms with Crippen LogP contribution in [0.25, 0.3) is 0 Å². The van der Waals surface area contributed by atoms with Crippen molar-refractivity contribution in [1.82, 2.24) is 0 Å². The monoisotopic (exact) mass is 215 g/mol. The Morgan fingerprint density at radius 2 is 2.07 bits per heavy atom. The Labute approximate surface area is 93.2 Å². The Morgan fingerprint density at radius 1 is 1.29 bits per heavy atom. The van der Waals surface area contributed by atoms with E-state index < -0.39 is 0 Å². The van der Waals surface area contributed by atoms with Gasteiger partial charge in [-0.15, -0.1) is 0 Å². The molecule has 0 aromatic heterocycles. The molecule has 0 aromatic rings. The van der Waals surface area contributed by atoms with Crippen LogP contribution in [0.5, 0.6) is 0 Å². The van der Waals surface area contributed by atoms with Crippen molar-refractivity contribution in [2.75, 3.05) is 12.3 Å².